The van der Waals surface area contributed by atoms with Gasteiger partial charge >= 0.3 is 0 Å². The molecular formula is C12H15FN2S. The van der Waals surface area contributed by atoms with Crippen molar-refractivity contribution < 1.29 is 4.39 Å². The zero-order valence-electron chi connectivity index (χ0n) is 9.24. The molecule has 0 amide bonds. The van der Waals surface area contributed by atoms with Gasteiger partial charge in [0.2, 0.25) is 0 Å². The Hall–Kier alpha value is -1.05. The molecule has 0 heterocycles. The van der Waals surface area contributed by atoms with Gasteiger partial charge in [-0.05, 0) is 31.2 Å². The topological polar surface area (TPSA) is 35.8 Å². The number of thioether (sulfide) groups is 1. The first-order valence-electron chi connectivity index (χ1n) is 5.27. The fourth-order valence-electron chi connectivity index (χ4n) is 1.31. The van der Waals surface area contributed by atoms with Crippen molar-refractivity contribution in [2.24, 2.45) is 0 Å². The van der Waals surface area contributed by atoms with E-state index in [2.05, 4.69) is 11.4 Å². The summed E-state index contributed by atoms with van der Waals surface area (Å²) in [5, 5.41) is 11.9. The number of hydrogen-bond acceptors (Lipinski definition) is 3. The molecule has 0 aromatic heterocycles. The molecular weight excluding hydrogens is 223 g/mol. The highest BCUT2D eigenvalue weighted by Crippen LogP contribution is 2.19. The smallest absolute Gasteiger partial charge is 0.124 e. The van der Waals surface area contributed by atoms with Gasteiger partial charge in [0.25, 0.3) is 0 Å². The Morgan fingerprint density at radius 1 is 1.56 bits per heavy atom. The minimum atomic E-state index is -0.214. The van der Waals surface area contributed by atoms with E-state index in [0.29, 0.717) is 0 Å². The van der Waals surface area contributed by atoms with Crippen molar-refractivity contribution in [3.63, 3.8) is 0 Å². The minimum Gasteiger partial charge on any atom is -0.302 e. The van der Waals surface area contributed by atoms with Crippen LogP contribution in [0.25, 0.3) is 0 Å². The molecule has 0 fully saturated rings. The molecule has 2 nitrogen and oxygen atoms in total. The van der Waals surface area contributed by atoms with E-state index >= 15 is 0 Å². The van der Waals surface area contributed by atoms with Crippen LogP contribution in [0.2, 0.25) is 0 Å². The van der Waals surface area contributed by atoms with Crippen LogP contribution < -0.4 is 5.32 Å². The molecule has 1 N–H and O–H groups in total. The monoisotopic (exact) mass is 238 g/mol. The van der Waals surface area contributed by atoms with Crippen molar-refractivity contribution in [2.75, 3.05) is 12.3 Å². The van der Waals surface area contributed by atoms with E-state index in [0.717, 1.165) is 23.6 Å². The predicted molar refractivity (Wildman–Crippen MR) is 64.8 cm³/mol. The van der Waals surface area contributed by atoms with E-state index in [1.165, 1.54) is 12.1 Å². The molecule has 86 valence electrons. The van der Waals surface area contributed by atoms with Gasteiger partial charge in [-0.15, -0.1) is 11.8 Å². The quantitative estimate of drug-likeness (QED) is 0.774. The third-order valence-electron chi connectivity index (χ3n) is 2.08. The first kappa shape index (κ1) is 13.0. The Bertz CT molecular complexity index is 362. The van der Waals surface area contributed by atoms with Crippen LogP contribution in [-0.4, -0.2) is 18.3 Å². The number of halogens is 1. The molecule has 0 spiro atoms. The molecule has 16 heavy (non-hydrogen) atoms. The van der Waals surface area contributed by atoms with Gasteiger partial charge in [-0.1, -0.05) is 13.0 Å². The van der Waals surface area contributed by atoms with Crippen LogP contribution in [0.4, 0.5) is 4.39 Å². The van der Waals surface area contributed by atoms with Crippen LogP contribution in [0.3, 0.4) is 0 Å². The Balaban J connectivity index is 2.32. The van der Waals surface area contributed by atoms with Gasteiger partial charge in [0, 0.05) is 10.6 Å². The van der Waals surface area contributed by atoms with E-state index in [4.69, 9.17) is 5.26 Å². The SMILES string of the molecule is CCNC(C#N)CCSc1cccc(F)c1. The lowest BCUT2D eigenvalue weighted by molar-refractivity contribution is 0.612. The van der Waals surface area contributed by atoms with Crippen molar-refractivity contribution in [3.05, 3.63) is 30.1 Å². The van der Waals surface area contributed by atoms with Crippen molar-refractivity contribution in [1.82, 2.24) is 5.32 Å². The van der Waals surface area contributed by atoms with Gasteiger partial charge in [0.1, 0.15) is 5.82 Å². The summed E-state index contributed by atoms with van der Waals surface area (Å²) < 4.78 is 12.9. The summed E-state index contributed by atoms with van der Waals surface area (Å²) in [6.45, 7) is 2.77. The molecule has 0 aliphatic carbocycles. The zero-order chi connectivity index (χ0) is 11.8. The van der Waals surface area contributed by atoms with Crippen molar-refractivity contribution in [1.29, 1.82) is 5.26 Å². The number of hydrogen-bond donors (Lipinski definition) is 1. The van der Waals surface area contributed by atoms with Gasteiger partial charge < -0.3 is 5.32 Å². The second-order valence-corrected chi connectivity index (χ2v) is 4.50. The fourth-order valence-corrected chi connectivity index (χ4v) is 2.27. The Labute approximate surface area is 99.9 Å². The number of nitriles is 1. The third kappa shape index (κ3) is 4.65. The van der Waals surface area contributed by atoms with Crippen LogP contribution in [0, 0.1) is 17.1 Å². The van der Waals surface area contributed by atoms with Crippen LogP contribution in [0.1, 0.15) is 13.3 Å². The van der Waals surface area contributed by atoms with Gasteiger partial charge in [0.15, 0.2) is 0 Å². The van der Waals surface area contributed by atoms with Crippen LogP contribution in [0.15, 0.2) is 29.2 Å². The number of rotatable bonds is 6. The van der Waals surface area contributed by atoms with Crippen molar-refractivity contribution >= 4 is 11.8 Å². The van der Waals surface area contributed by atoms with Crippen LogP contribution in [0.5, 0.6) is 0 Å². The fraction of sp³-hybridized carbons (Fsp3) is 0.417. The molecule has 1 rings (SSSR count). The van der Waals surface area contributed by atoms with Crippen LogP contribution in [-0.2, 0) is 0 Å². The molecule has 1 atom stereocenters. The third-order valence-corrected chi connectivity index (χ3v) is 3.10. The summed E-state index contributed by atoms with van der Waals surface area (Å²) in [6, 6.07) is 8.62. The highest BCUT2D eigenvalue weighted by atomic mass is 32.2. The van der Waals surface area contributed by atoms with E-state index in [-0.39, 0.29) is 11.9 Å². The predicted octanol–water partition coefficient (Wildman–Crippen LogP) is 2.81. The lowest BCUT2D eigenvalue weighted by atomic mass is 10.2. The molecule has 0 aliphatic heterocycles. The summed E-state index contributed by atoms with van der Waals surface area (Å²) in [5.41, 5.74) is 0. The molecule has 1 aromatic rings. The molecule has 1 unspecified atom stereocenters. The Morgan fingerprint density at radius 2 is 2.38 bits per heavy atom. The van der Waals surface area contributed by atoms with Crippen molar-refractivity contribution in [2.45, 2.75) is 24.3 Å². The van der Waals surface area contributed by atoms with Gasteiger partial charge in [-0.3, -0.25) is 0 Å². The maximum absolute atomic E-state index is 12.9. The van der Waals surface area contributed by atoms with E-state index in [9.17, 15) is 4.39 Å². The average molecular weight is 238 g/mol. The number of nitrogens with one attached hydrogen (secondary N) is 1. The second-order valence-electron chi connectivity index (χ2n) is 3.33. The van der Waals surface area contributed by atoms with E-state index in [1.807, 2.05) is 13.0 Å². The van der Waals surface area contributed by atoms with E-state index < -0.39 is 0 Å². The molecule has 0 saturated heterocycles. The molecule has 4 heteroatoms. The molecule has 0 aliphatic rings. The van der Waals surface area contributed by atoms with Crippen LogP contribution >= 0.6 is 11.8 Å². The number of nitrogens with zero attached hydrogens (tertiary/aromatic N) is 1. The second kappa shape index (κ2) is 7.26. The molecule has 0 saturated carbocycles. The molecule has 0 bridgehead atoms. The van der Waals surface area contributed by atoms with Gasteiger partial charge in [-0.25, -0.2) is 4.39 Å². The molecule has 0 radical (unpaired) electrons. The van der Waals surface area contributed by atoms with Gasteiger partial charge in [-0.2, -0.15) is 5.26 Å². The highest BCUT2D eigenvalue weighted by Gasteiger charge is 2.05. The summed E-state index contributed by atoms with van der Waals surface area (Å²) in [4.78, 5) is 0.910. The van der Waals surface area contributed by atoms with Gasteiger partial charge in [0.05, 0.1) is 12.1 Å². The van der Waals surface area contributed by atoms with E-state index in [1.54, 1.807) is 17.8 Å². The summed E-state index contributed by atoms with van der Waals surface area (Å²) in [6.07, 6.45) is 0.769. The first-order valence-corrected chi connectivity index (χ1v) is 6.26. The van der Waals surface area contributed by atoms with Crippen molar-refractivity contribution in [3.8, 4) is 6.07 Å². The Morgan fingerprint density at radius 3 is 3.00 bits per heavy atom. The summed E-state index contributed by atoms with van der Waals surface area (Å²) >= 11 is 1.57. The number of benzene rings is 1. The molecule has 1 aromatic carbocycles. The normalized spacial score (nSPS) is 12.1. The average Bonchev–Trinajstić information content (AvgIpc) is 2.28. The lowest BCUT2D eigenvalue weighted by Gasteiger charge is -2.08. The lowest BCUT2D eigenvalue weighted by Crippen LogP contribution is -2.27. The first-order chi connectivity index (χ1) is 7.76. The Kier molecular flexibility index (Phi) is 5.91. The maximum atomic E-state index is 12.9. The maximum Gasteiger partial charge on any atom is 0.124 e. The summed E-state index contributed by atoms with van der Waals surface area (Å²) in [7, 11) is 0. The largest absolute Gasteiger partial charge is 0.302 e. The zero-order valence-corrected chi connectivity index (χ0v) is 10.1. The summed E-state index contributed by atoms with van der Waals surface area (Å²) in [5.74, 6) is 0.600. The standard InChI is InChI=1S/C12H15FN2S/c1-2-15-11(9-14)6-7-16-12-5-3-4-10(13)8-12/h3-5,8,11,15H,2,6-7H2,1H3. The minimum absolute atomic E-state index is 0.106. The highest BCUT2D eigenvalue weighted by molar-refractivity contribution is 7.99.